The number of hydrogen-bond donors (Lipinski definition) is 4. The van der Waals surface area contributed by atoms with E-state index in [1.807, 2.05) is 31.6 Å². The fourth-order valence-corrected chi connectivity index (χ4v) is 3.30. The molecule has 0 heterocycles. The molecule has 0 spiro atoms. The van der Waals surface area contributed by atoms with E-state index in [1.54, 1.807) is 26.0 Å². The molecular formula is C18H28N4O5S. The van der Waals surface area contributed by atoms with Gasteiger partial charge >= 0.3 is 11.8 Å². The van der Waals surface area contributed by atoms with Crippen molar-refractivity contribution < 1.29 is 22.8 Å². The van der Waals surface area contributed by atoms with Gasteiger partial charge in [0.15, 0.2) is 0 Å². The van der Waals surface area contributed by atoms with E-state index >= 15 is 0 Å². The monoisotopic (exact) mass is 412 g/mol. The van der Waals surface area contributed by atoms with Crippen molar-refractivity contribution in [2.75, 3.05) is 0 Å². The Morgan fingerprint density at radius 2 is 1.43 bits per heavy atom. The normalized spacial score (nSPS) is 13.0. The Kier molecular flexibility index (Phi) is 7.71. The fourth-order valence-electron chi connectivity index (χ4n) is 2.10. The van der Waals surface area contributed by atoms with Crippen molar-refractivity contribution in [1.82, 2.24) is 20.9 Å². The Morgan fingerprint density at radius 1 is 0.893 bits per heavy atom. The number of rotatable bonds is 5. The number of hydrogen-bond acceptors (Lipinski definition) is 5. The van der Waals surface area contributed by atoms with E-state index in [-0.39, 0.29) is 16.4 Å². The van der Waals surface area contributed by atoms with Crippen LogP contribution in [0.3, 0.4) is 0 Å². The van der Waals surface area contributed by atoms with E-state index in [1.165, 1.54) is 19.1 Å². The van der Waals surface area contributed by atoms with Gasteiger partial charge in [0.1, 0.15) is 0 Å². The van der Waals surface area contributed by atoms with Crippen LogP contribution < -0.4 is 20.9 Å². The van der Waals surface area contributed by atoms with Crippen molar-refractivity contribution >= 4 is 27.7 Å². The Hall–Kier alpha value is -2.46. The van der Waals surface area contributed by atoms with E-state index in [9.17, 15) is 22.8 Å². The molecule has 1 aromatic carbocycles. The number of hydrazine groups is 1. The summed E-state index contributed by atoms with van der Waals surface area (Å²) < 4.78 is 27.1. The number of sulfonamides is 1. The minimum atomic E-state index is -3.94. The third kappa shape index (κ3) is 6.93. The van der Waals surface area contributed by atoms with E-state index in [4.69, 9.17) is 0 Å². The van der Waals surface area contributed by atoms with E-state index in [0.29, 0.717) is 0 Å². The number of amides is 3. The summed E-state index contributed by atoms with van der Waals surface area (Å²) in [6.07, 6.45) is 0. The number of benzene rings is 1. The molecular weight excluding hydrogens is 384 g/mol. The van der Waals surface area contributed by atoms with Gasteiger partial charge in [-0.2, -0.15) is 4.72 Å². The summed E-state index contributed by atoms with van der Waals surface area (Å²) in [5, 5.41) is 2.36. The minimum absolute atomic E-state index is 0.0143. The lowest BCUT2D eigenvalue weighted by atomic mass is 9.87. The summed E-state index contributed by atoms with van der Waals surface area (Å²) in [5.41, 5.74) is 4.80. The van der Waals surface area contributed by atoms with Crippen LogP contribution in [-0.2, 0) is 29.8 Å². The quantitative estimate of drug-likeness (QED) is 0.408. The average molecular weight is 413 g/mol. The molecule has 0 saturated carbocycles. The molecule has 156 valence electrons. The van der Waals surface area contributed by atoms with Crippen molar-refractivity contribution in [3.8, 4) is 0 Å². The van der Waals surface area contributed by atoms with Gasteiger partial charge in [0.2, 0.25) is 10.0 Å². The van der Waals surface area contributed by atoms with Crippen molar-refractivity contribution in [2.45, 2.75) is 63.9 Å². The van der Waals surface area contributed by atoms with Gasteiger partial charge in [0, 0.05) is 6.04 Å². The Balaban J connectivity index is 2.69. The standard InChI is InChI=1S/C18H28N4O5S/c1-11(2)19-16(24)17(25)21-20-15(23)12(3)22-28(26,27)14-9-7-13(8-10-14)18(4,5)6/h7-12,22H,1-6H3,(H,19,24)(H,20,23)(H,21,25)/t12-/m0/s1. The lowest BCUT2D eigenvalue weighted by molar-refractivity contribution is -0.141. The zero-order chi connectivity index (χ0) is 21.7. The second-order valence-corrected chi connectivity index (χ2v) is 9.40. The predicted molar refractivity (Wildman–Crippen MR) is 104 cm³/mol. The zero-order valence-corrected chi connectivity index (χ0v) is 17.7. The summed E-state index contributed by atoms with van der Waals surface area (Å²) in [6, 6.07) is 4.93. The summed E-state index contributed by atoms with van der Waals surface area (Å²) in [6.45, 7) is 10.7. The molecule has 28 heavy (non-hydrogen) atoms. The first kappa shape index (κ1) is 23.6. The number of carbonyl (C=O) groups is 3. The summed E-state index contributed by atoms with van der Waals surface area (Å²) >= 11 is 0. The maximum absolute atomic E-state index is 12.4. The zero-order valence-electron chi connectivity index (χ0n) is 16.9. The molecule has 0 aliphatic rings. The average Bonchev–Trinajstić information content (AvgIpc) is 2.57. The first-order valence-electron chi connectivity index (χ1n) is 8.77. The molecule has 0 saturated heterocycles. The van der Waals surface area contributed by atoms with E-state index < -0.39 is 33.8 Å². The first-order chi connectivity index (χ1) is 12.7. The summed E-state index contributed by atoms with van der Waals surface area (Å²) in [7, 11) is -3.94. The van der Waals surface area contributed by atoms with E-state index in [2.05, 4.69) is 10.0 Å². The molecule has 3 amide bonds. The molecule has 1 atom stereocenters. The molecule has 0 aliphatic carbocycles. The third-order valence-electron chi connectivity index (χ3n) is 3.68. The molecule has 0 bridgehead atoms. The molecule has 0 aromatic heterocycles. The molecule has 1 aromatic rings. The molecule has 1 rings (SSSR count). The van der Waals surface area contributed by atoms with Crippen LogP contribution in [0.4, 0.5) is 0 Å². The Bertz CT molecular complexity index is 827. The topological polar surface area (TPSA) is 133 Å². The number of nitrogens with one attached hydrogen (secondary N) is 4. The molecule has 0 fully saturated rings. The SMILES string of the molecule is CC(C)NC(=O)C(=O)NNC(=O)[C@H](C)NS(=O)(=O)c1ccc(C(C)(C)C)cc1. The van der Waals surface area contributed by atoms with Crippen LogP contribution in [0, 0.1) is 0 Å². The summed E-state index contributed by atoms with van der Waals surface area (Å²) in [4.78, 5) is 35.0. The smallest absolute Gasteiger partial charge is 0.327 e. The molecule has 10 heteroatoms. The summed E-state index contributed by atoms with van der Waals surface area (Å²) in [5.74, 6) is -2.79. The van der Waals surface area contributed by atoms with Crippen molar-refractivity contribution in [2.24, 2.45) is 0 Å². The van der Waals surface area contributed by atoms with Crippen molar-refractivity contribution in [1.29, 1.82) is 0 Å². The molecule has 0 radical (unpaired) electrons. The largest absolute Gasteiger partial charge is 0.346 e. The lowest BCUT2D eigenvalue weighted by Gasteiger charge is -2.19. The maximum atomic E-state index is 12.4. The Morgan fingerprint density at radius 3 is 1.89 bits per heavy atom. The molecule has 4 N–H and O–H groups in total. The number of carbonyl (C=O) groups excluding carboxylic acids is 3. The van der Waals surface area contributed by atoms with Gasteiger partial charge in [0.05, 0.1) is 10.9 Å². The van der Waals surface area contributed by atoms with E-state index in [0.717, 1.165) is 5.56 Å². The highest BCUT2D eigenvalue weighted by molar-refractivity contribution is 7.89. The van der Waals surface area contributed by atoms with Gasteiger partial charge in [-0.1, -0.05) is 32.9 Å². The van der Waals surface area contributed by atoms with Gasteiger partial charge in [-0.15, -0.1) is 0 Å². The van der Waals surface area contributed by atoms with Gasteiger partial charge < -0.3 is 5.32 Å². The second-order valence-electron chi connectivity index (χ2n) is 7.69. The highest BCUT2D eigenvalue weighted by atomic mass is 32.2. The van der Waals surface area contributed by atoms with Gasteiger partial charge in [-0.3, -0.25) is 25.2 Å². The highest BCUT2D eigenvalue weighted by Crippen LogP contribution is 2.23. The van der Waals surface area contributed by atoms with Crippen LogP contribution in [-0.4, -0.2) is 38.2 Å². The fraction of sp³-hybridized carbons (Fsp3) is 0.500. The van der Waals surface area contributed by atoms with Crippen LogP contribution in [0.1, 0.15) is 47.1 Å². The second kappa shape index (κ2) is 9.16. The van der Waals surface area contributed by atoms with Crippen LogP contribution in [0.5, 0.6) is 0 Å². The minimum Gasteiger partial charge on any atom is -0.346 e. The third-order valence-corrected chi connectivity index (χ3v) is 5.24. The van der Waals surface area contributed by atoms with Gasteiger partial charge in [-0.05, 0) is 43.9 Å². The van der Waals surface area contributed by atoms with Gasteiger partial charge in [-0.25, -0.2) is 8.42 Å². The first-order valence-corrected chi connectivity index (χ1v) is 10.3. The molecule has 0 unspecified atom stereocenters. The van der Waals surface area contributed by atoms with Crippen LogP contribution in [0.25, 0.3) is 0 Å². The van der Waals surface area contributed by atoms with Crippen LogP contribution >= 0.6 is 0 Å². The van der Waals surface area contributed by atoms with Crippen LogP contribution in [0.15, 0.2) is 29.2 Å². The highest BCUT2D eigenvalue weighted by Gasteiger charge is 2.24. The van der Waals surface area contributed by atoms with Gasteiger partial charge in [0.25, 0.3) is 5.91 Å². The Labute approximate surface area is 165 Å². The maximum Gasteiger partial charge on any atom is 0.327 e. The predicted octanol–water partition coefficient (Wildman–Crippen LogP) is 0.323. The lowest BCUT2D eigenvalue weighted by Crippen LogP contribution is -2.54. The van der Waals surface area contributed by atoms with Crippen molar-refractivity contribution in [3.63, 3.8) is 0 Å². The van der Waals surface area contributed by atoms with Crippen molar-refractivity contribution in [3.05, 3.63) is 29.8 Å². The molecule has 9 nitrogen and oxygen atoms in total. The molecule has 0 aliphatic heterocycles. The van der Waals surface area contributed by atoms with Crippen LogP contribution in [0.2, 0.25) is 0 Å².